The summed E-state index contributed by atoms with van der Waals surface area (Å²) in [5, 5.41) is 3.66. The zero-order valence-corrected chi connectivity index (χ0v) is 12.4. The summed E-state index contributed by atoms with van der Waals surface area (Å²) in [7, 11) is 0. The third kappa shape index (κ3) is 9.41. The van der Waals surface area contributed by atoms with Crippen LogP contribution in [0.5, 0.6) is 0 Å². The smallest absolute Gasteiger partial charge is 0.0156 e. The van der Waals surface area contributed by atoms with Crippen LogP contribution in [0, 0.1) is 0 Å². The van der Waals surface area contributed by atoms with Crippen molar-refractivity contribution in [2.75, 3.05) is 6.54 Å². The van der Waals surface area contributed by atoms with Gasteiger partial charge in [-0.05, 0) is 19.8 Å². The average molecular weight is 239 g/mol. The van der Waals surface area contributed by atoms with E-state index in [4.69, 9.17) is 0 Å². The third-order valence-electron chi connectivity index (χ3n) is 3.59. The minimum atomic E-state index is 0.330. The van der Waals surface area contributed by atoms with Gasteiger partial charge in [-0.15, -0.1) is 6.58 Å². The van der Waals surface area contributed by atoms with Crippen molar-refractivity contribution in [2.24, 2.45) is 0 Å². The van der Waals surface area contributed by atoms with E-state index < -0.39 is 0 Å². The highest BCUT2D eigenvalue weighted by atomic mass is 15.0. The molecule has 0 aliphatic rings. The fourth-order valence-electron chi connectivity index (χ4n) is 2.33. The predicted octanol–water partition coefficient (Wildman–Crippen LogP) is 5.07. The van der Waals surface area contributed by atoms with Gasteiger partial charge >= 0.3 is 0 Å². The van der Waals surface area contributed by atoms with Gasteiger partial charge in [-0.1, -0.05) is 64.9 Å². The van der Waals surface area contributed by atoms with E-state index in [0.717, 1.165) is 6.54 Å². The van der Waals surface area contributed by atoms with E-state index >= 15 is 0 Å². The minimum absolute atomic E-state index is 0.330. The van der Waals surface area contributed by atoms with Crippen molar-refractivity contribution in [1.29, 1.82) is 0 Å². The molecule has 1 unspecified atom stereocenters. The lowest BCUT2D eigenvalue weighted by atomic mass is 9.88. The summed E-state index contributed by atoms with van der Waals surface area (Å²) in [5.41, 5.74) is 0.330. The van der Waals surface area contributed by atoms with Gasteiger partial charge in [0.05, 0.1) is 0 Å². The first-order valence-corrected chi connectivity index (χ1v) is 7.54. The van der Waals surface area contributed by atoms with Gasteiger partial charge in [0.2, 0.25) is 0 Å². The monoisotopic (exact) mass is 239 g/mol. The van der Waals surface area contributed by atoms with Crippen molar-refractivity contribution >= 4 is 0 Å². The number of unbranched alkanes of at least 4 members (excludes halogenated alkanes) is 5. The van der Waals surface area contributed by atoms with Crippen LogP contribution in [-0.4, -0.2) is 12.1 Å². The largest absolute Gasteiger partial charge is 0.308 e. The van der Waals surface area contributed by atoms with Gasteiger partial charge in [0.1, 0.15) is 0 Å². The van der Waals surface area contributed by atoms with Gasteiger partial charge in [-0.3, -0.25) is 0 Å². The third-order valence-corrected chi connectivity index (χ3v) is 3.59. The summed E-state index contributed by atoms with van der Waals surface area (Å²) in [6.07, 6.45) is 14.1. The zero-order chi connectivity index (χ0) is 13.0. The standard InChI is InChI=1S/C16H33N/c1-5-8-10-12-14-16(4,17-15-7-3)13-11-9-6-2/h7,17H,3,5-6,8-15H2,1-2,4H3. The summed E-state index contributed by atoms with van der Waals surface area (Å²) in [6.45, 7) is 11.7. The molecule has 0 saturated carbocycles. The van der Waals surface area contributed by atoms with E-state index in [9.17, 15) is 0 Å². The van der Waals surface area contributed by atoms with Crippen LogP contribution in [0.15, 0.2) is 12.7 Å². The zero-order valence-electron chi connectivity index (χ0n) is 12.4. The predicted molar refractivity (Wildman–Crippen MR) is 79.5 cm³/mol. The summed E-state index contributed by atoms with van der Waals surface area (Å²) in [6, 6.07) is 0. The summed E-state index contributed by atoms with van der Waals surface area (Å²) in [5.74, 6) is 0. The molecule has 0 aromatic heterocycles. The molecule has 0 spiro atoms. The molecule has 0 fully saturated rings. The van der Waals surface area contributed by atoms with E-state index in [0.29, 0.717) is 5.54 Å². The van der Waals surface area contributed by atoms with Gasteiger partial charge in [0, 0.05) is 12.1 Å². The number of hydrogen-bond donors (Lipinski definition) is 1. The second kappa shape index (κ2) is 10.8. The van der Waals surface area contributed by atoms with Crippen LogP contribution in [-0.2, 0) is 0 Å². The Bertz CT molecular complexity index is 176. The van der Waals surface area contributed by atoms with Gasteiger partial charge in [-0.25, -0.2) is 0 Å². The van der Waals surface area contributed by atoms with Gasteiger partial charge in [0.25, 0.3) is 0 Å². The quantitative estimate of drug-likeness (QED) is 0.370. The molecule has 1 nitrogen and oxygen atoms in total. The summed E-state index contributed by atoms with van der Waals surface area (Å²) < 4.78 is 0. The molecule has 0 amide bonds. The van der Waals surface area contributed by atoms with Crippen LogP contribution in [0.2, 0.25) is 0 Å². The highest BCUT2D eigenvalue weighted by Crippen LogP contribution is 2.22. The molecule has 0 bridgehead atoms. The highest BCUT2D eigenvalue weighted by molar-refractivity contribution is 4.86. The average Bonchev–Trinajstić information content (AvgIpc) is 2.33. The molecule has 0 radical (unpaired) electrons. The van der Waals surface area contributed by atoms with Crippen LogP contribution < -0.4 is 5.32 Å². The van der Waals surface area contributed by atoms with Crippen molar-refractivity contribution in [3.8, 4) is 0 Å². The molecule has 102 valence electrons. The molecule has 0 heterocycles. The Morgan fingerprint density at radius 1 is 0.941 bits per heavy atom. The molecular weight excluding hydrogens is 206 g/mol. The van der Waals surface area contributed by atoms with Crippen molar-refractivity contribution in [3.63, 3.8) is 0 Å². The molecule has 0 aromatic carbocycles. The SMILES string of the molecule is C=CCNC(C)(CCCCC)CCCCCC. The Morgan fingerprint density at radius 2 is 1.47 bits per heavy atom. The molecule has 0 aliphatic heterocycles. The Morgan fingerprint density at radius 3 is 2.00 bits per heavy atom. The second-order valence-corrected chi connectivity index (χ2v) is 5.50. The van der Waals surface area contributed by atoms with Gasteiger partial charge < -0.3 is 5.32 Å². The van der Waals surface area contributed by atoms with E-state index in [1.807, 2.05) is 6.08 Å². The number of hydrogen-bond acceptors (Lipinski definition) is 1. The first kappa shape index (κ1) is 16.7. The first-order chi connectivity index (χ1) is 8.18. The molecule has 0 aromatic rings. The summed E-state index contributed by atoms with van der Waals surface area (Å²) >= 11 is 0. The van der Waals surface area contributed by atoms with E-state index in [2.05, 4.69) is 32.7 Å². The van der Waals surface area contributed by atoms with E-state index in [1.54, 1.807) is 0 Å². The first-order valence-electron chi connectivity index (χ1n) is 7.54. The van der Waals surface area contributed by atoms with Crippen LogP contribution in [0.3, 0.4) is 0 Å². The van der Waals surface area contributed by atoms with Crippen molar-refractivity contribution in [3.05, 3.63) is 12.7 Å². The molecule has 1 atom stereocenters. The lowest BCUT2D eigenvalue weighted by molar-refractivity contribution is 0.299. The Labute approximate surface area is 109 Å². The van der Waals surface area contributed by atoms with Crippen LogP contribution in [0.4, 0.5) is 0 Å². The molecule has 1 N–H and O–H groups in total. The Hall–Kier alpha value is -0.300. The van der Waals surface area contributed by atoms with Gasteiger partial charge in [-0.2, -0.15) is 0 Å². The highest BCUT2D eigenvalue weighted by Gasteiger charge is 2.21. The maximum absolute atomic E-state index is 3.81. The van der Waals surface area contributed by atoms with Crippen LogP contribution in [0.1, 0.15) is 78.6 Å². The lowest BCUT2D eigenvalue weighted by Gasteiger charge is -2.31. The second-order valence-electron chi connectivity index (χ2n) is 5.50. The maximum Gasteiger partial charge on any atom is 0.0156 e. The van der Waals surface area contributed by atoms with Crippen molar-refractivity contribution in [1.82, 2.24) is 5.32 Å². The van der Waals surface area contributed by atoms with Crippen molar-refractivity contribution < 1.29 is 0 Å². The van der Waals surface area contributed by atoms with E-state index in [-0.39, 0.29) is 0 Å². The topological polar surface area (TPSA) is 12.0 Å². The van der Waals surface area contributed by atoms with Crippen LogP contribution >= 0.6 is 0 Å². The molecule has 0 saturated heterocycles. The normalized spacial score (nSPS) is 14.5. The maximum atomic E-state index is 3.81. The number of rotatable bonds is 12. The van der Waals surface area contributed by atoms with Crippen molar-refractivity contribution in [2.45, 2.75) is 84.1 Å². The van der Waals surface area contributed by atoms with Crippen LogP contribution in [0.25, 0.3) is 0 Å². The molecule has 17 heavy (non-hydrogen) atoms. The molecular formula is C16H33N. The Kier molecular flexibility index (Phi) is 10.6. The number of nitrogens with one attached hydrogen (secondary N) is 1. The minimum Gasteiger partial charge on any atom is -0.308 e. The van der Waals surface area contributed by atoms with Gasteiger partial charge in [0.15, 0.2) is 0 Å². The van der Waals surface area contributed by atoms with E-state index in [1.165, 1.54) is 57.8 Å². The molecule has 0 rings (SSSR count). The fourth-order valence-corrected chi connectivity index (χ4v) is 2.33. The summed E-state index contributed by atoms with van der Waals surface area (Å²) in [4.78, 5) is 0. The lowest BCUT2D eigenvalue weighted by Crippen LogP contribution is -2.42. The molecule has 1 heteroatoms. The Balaban J connectivity index is 3.94. The fraction of sp³-hybridized carbons (Fsp3) is 0.875. The molecule has 0 aliphatic carbocycles.